The molecule has 0 spiro atoms. The van der Waals surface area contributed by atoms with E-state index in [9.17, 15) is 3.89 Å². The molecule has 0 saturated carbocycles. The second-order valence-corrected chi connectivity index (χ2v) is 1.53. The van der Waals surface area contributed by atoms with Crippen LogP contribution in [0.25, 0.3) is 0 Å². The first-order valence-corrected chi connectivity index (χ1v) is 2.25. The Balaban J connectivity index is 3.48. The molecule has 0 rings (SSSR count). The molecule has 0 aliphatic rings. The third-order valence-electron chi connectivity index (χ3n) is 0.141. The van der Waals surface area contributed by atoms with Crippen LogP contribution in [0.2, 0.25) is 0 Å². The Morgan fingerprint density at radius 2 is 2.00 bits per heavy atom. The van der Waals surface area contributed by atoms with Gasteiger partial charge in [-0.25, -0.2) is 0 Å². The van der Waals surface area contributed by atoms with Crippen molar-refractivity contribution in [2.24, 2.45) is 0 Å². The van der Waals surface area contributed by atoms with Gasteiger partial charge in [-0.1, -0.05) is 0 Å². The Hall–Kier alpha value is -0.0400. The topological polar surface area (TPSA) is 73.8 Å². The maximum atomic E-state index is 10.8. The van der Waals surface area contributed by atoms with Gasteiger partial charge in [-0.15, -0.1) is 0 Å². The highest BCUT2D eigenvalue weighted by Gasteiger charge is 2.32. The molecular formula is H3FNO3S+2. The Bertz CT molecular complexity index is 74.9. The second kappa shape index (κ2) is 1.61. The van der Waals surface area contributed by atoms with E-state index in [0.717, 1.165) is 0 Å². The van der Waals surface area contributed by atoms with Crippen LogP contribution in [0.1, 0.15) is 0 Å². The zero-order chi connectivity index (χ0) is 5.21. The lowest BCUT2D eigenvalue weighted by Gasteiger charge is -1.67. The molecule has 1 unspecified atom stereocenters. The van der Waals surface area contributed by atoms with Crippen LogP contribution in [0, 0.1) is 0 Å². The quantitative estimate of drug-likeness (QED) is 0.265. The predicted molar refractivity (Wildman–Crippen MR) is 13.8 cm³/mol. The average molecular weight is 116 g/mol. The minimum Gasteiger partial charge on any atom is -0.155 e. The van der Waals surface area contributed by atoms with Crippen molar-refractivity contribution in [3.63, 3.8) is 0 Å². The van der Waals surface area contributed by atoms with Gasteiger partial charge in [-0.2, -0.15) is 5.90 Å². The minimum absolute atomic E-state index is 2.29. The van der Waals surface area contributed by atoms with Crippen LogP contribution in [-0.2, 0) is 23.9 Å². The predicted octanol–water partition coefficient (Wildman–Crippen LogP) is -1.20. The van der Waals surface area contributed by atoms with Gasteiger partial charge in [-0.3, -0.25) is 0 Å². The normalized spacial score (nSPS) is 19.8. The summed E-state index contributed by atoms with van der Waals surface area (Å²) in [6, 6.07) is 0. The van der Waals surface area contributed by atoms with Gasteiger partial charge in [0.1, 0.15) is 8.44 Å². The standard InChI is InChI=1S/FH3NO3S/c1-6(3,4)5-2/h2H3/q+2. The maximum Gasteiger partial charge on any atom is 0.641 e. The summed E-state index contributed by atoms with van der Waals surface area (Å²) in [6.07, 6.45) is 0. The molecule has 1 atom stereocenters. The summed E-state index contributed by atoms with van der Waals surface area (Å²) in [4.78, 5) is 0. The molecule has 0 aromatic carbocycles. The summed E-state index contributed by atoms with van der Waals surface area (Å²) >= 11 is 0. The van der Waals surface area contributed by atoms with E-state index in [1.54, 1.807) is 0 Å². The fourth-order valence-electron chi connectivity index (χ4n) is 0. The van der Waals surface area contributed by atoms with Gasteiger partial charge in [-0.05, 0) is 0 Å². The monoisotopic (exact) mass is 116 g/mol. The van der Waals surface area contributed by atoms with Crippen molar-refractivity contribution in [1.82, 2.24) is 0 Å². The van der Waals surface area contributed by atoms with Gasteiger partial charge in [0, 0.05) is 4.21 Å². The average Bonchev–Trinajstić information content (AvgIpc) is 1.35. The SMILES string of the molecule is [NH3+]O[S+]([O])(=O)F. The fraction of sp³-hybridized carbons (Fsp3) is 0. The Labute approximate surface area is 34.8 Å². The van der Waals surface area contributed by atoms with E-state index in [0.29, 0.717) is 0 Å². The highest BCUT2D eigenvalue weighted by atomic mass is 32.3. The zero-order valence-electron chi connectivity index (χ0n) is 2.72. The first-order chi connectivity index (χ1) is 2.56. The van der Waals surface area contributed by atoms with Crippen molar-refractivity contribution in [2.75, 3.05) is 0 Å². The van der Waals surface area contributed by atoms with Gasteiger partial charge >= 0.3 is 10.9 Å². The summed E-state index contributed by atoms with van der Waals surface area (Å²) < 4.78 is 31.9. The Morgan fingerprint density at radius 1 is 1.83 bits per heavy atom. The molecule has 37 valence electrons. The van der Waals surface area contributed by atoms with E-state index < -0.39 is 10.9 Å². The smallest absolute Gasteiger partial charge is 0.155 e. The number of halogens is 1. The van der Waals surface area contributed by atoms with Crippen molar-refractivity contribution in [2.45, 2.75) is 0 Å². The Morgan fingerprint density at radius 3 is 2.00 bits per heavy atom. The molecule has 6 heavy (non-hydrogen) atoms. The van der Waals surface area contributed by atoms with Crippen LogP contribution >= 0.6 is 0 Å². The molecule has 1 radical (unpaired) electrons. The summed E-state index contributed by atoms with van der Waals surface area (Å²) in [5.41, 5.74) is 0. The third-order valence-corrected chi connectivity index (χ3v) is 0.422. The largest absolute Gasteiger partial charge is 0.641 e. The lowest BCUT2D eigenvalue weighted by molar-refractivity contribution is -0.639. The molecule has 0 saturated heterocycles. The summed E-state index contributed by atoms with van der Waals surface area (Å²) in [5, 5.41) is 0. The molecule has 0 aliphatic carbocycles. The molecule has 0 heterocycles. The van der Waals surface area contributed by atoms with E-state index in [-0.39, 0.29) is 0 Å². The Kier molecular flexibility index (Phi) is 1.59. The highest BCUT2D eigenvalue weighted by molar-refractivity contribution is 7.87. The number of hydrogen-bond donors (Lipinski definition) is 1. The molecule has 0 aromatic rings. The molecule has 0 aromatic heterocycles. The first kappa shape index (κ1) is 5.96. The zero-order valence-corrected chi connectivity index (χ0v) is 3.53. The summed E-state index contributed by atoms with van der Waals surface area (Å²) in [7, 11) is -4.77. The highest BCUT2D eigenvalue weighted by Crippen LogP contribution is 1.95. The van der Waals surface area contributed by atoms with Gasteiger partial charge in [0.05, 0.1) is 4.28 Å². The summed E-state index contributed by atoms with van der Waals surface area (Å²) in [5.74, 6) is 2.29. The van der Waals surface area contributed by atoms with Crippen LogP contribution in [0.3, 0.4) is 0 Å². The van der Waals surface area contributed by atoms with Crippen molar-refractivity contribution < 1.29 is 22.8 Å². The maximum absolute atomic E-state index is 10.8. The minimum atomic E-state index is -4.77. The molecule has 0 amide bonds. The van der Waals surface area contributed by atoms with Crippen LogP contribution in [-0.4, -0.2) is 0 Å². The van der Waals surface area contributed by atoms with Gasteiger partial charge < -0.3 is 0 Å². The van der Waals surface area contributed by atoms with Gasteiger partial charge in [0.2, 0.25) is 0 Å². The number of rotatable bonds is 1. The van der Waals surface area contributed by atoms with E-state index in [4.69, 9.17) is 8.76 Å². The number of quaternary nitrogens is 1. The fourth-order valence-corrected chi connectivity index (χ4v) is 0. The van der Waals surface area contributed by atoms with Crippen molar-refractivity contribution in [3.05, 3.63) is 0 Å². The molecule has 6 heteroatoms. The van der Waals surface area contributed by atoms with Crippen molar-refractivity contribution in [3.8, 4) is 0 Å². The van der Waals surface area contributed by atoms with Crippen molar-refractivity contribution in [1.29, 1.82) is 0 Å². The lowest BCUT2D eigenvalue weighted by atomic mass is 13.6. The summed E-state index contributed by atoms with van der Waals surface area (Å²) in [6.45, 7) is 0. The van der Waals surface area contributed by atoms with E-state index in [1.165, 1.54) is 0 Å². The molecule has 0 aliphatic heterocycles. The molecular weight excluding hydrogens is 113 g/mol. The van der Waals surface area contributed by atoms with Crippen molar-refractivity contribution >= 4 is 10.9 Å². The van der Waals surface area contributed by atoms with Crippen LogP contribution < -0.4 is 5.90 Å². The molecule has 4 nitrogen and oxygen atoms in total. The van der Waals surface area contributed by atoms with Crippen LogP contribution in [0.4, 0.5) is 3.89 Å². The third kappa shape index (κ3) is 3.96. The second-order valence-electron chi connectivity index (χ2n) is 0.511. The number of hydrogen-bond acceptors (Lipinski definition) is 2. The molecule has 0 fully saturated rings. The van der Waals surface area contributed by atoms with Gasteiger partial charge in [0.25, 0.3) is 0 Å². The van der Waals surface area contributed by atoms with E-state index in [2.05, 4.69) is 10.2 Å². The first-order valence-electron chi connectivity index (χ1n) is 0.943. The van der Waals surface area contributed by atoms with E-state index >= 15 is 0 Å². The lowest BCUT2D eigenvalue weighted by Crippen LogP contribution is -2.51. The van der Waals surface area contributed by atoms with Crippen LogP contribution in [0.15, 0.2) is 0 Å². The van der Waals surface area contributed by atoms with Gasteiger partial charge in [0.15, 0.2) is 0 Å². The molecule has 3 N–H and O–H groups in total. The van der Waals surface area contributed by atoms with E-state index in [1.807, 2.05) is 0 Å². The van der Waals surface area contributed by atoms with Crippen LogP contribution in [0.5, 0.6) is 0 Å². The molecule has 0 bridgehead atoms.